The van der Waals surface area contributed by atoms with Crippen LogP contribution in [0.5, 0.6) is 0 Å². The fraction of sp³-hybridized carbons (Fsp3) is 0.615. The molecule has 1 heterocycles. The van der Waals surface area contributed by atoms with E-state index in [9.17, 15) is 14.2 Å². The first-order valence-electron chi connectivity index (χ1n) is 12.7. The zero-order chi connectivity index (χ0) is 28.7. The van der Waals surface area contributed by atoms with E-state index in [4.69, 9.17) is 44.7 Å². The number of hydrogen-bond donors (Lipinski definition) is 1. The van der Waals surface area contributed by atoms with Crippen molar-refractivity contribution >= 4 is 19.8 Å². The minimum Gasteiger partial charge on any atom is -0.481 e. The first kappa shape index (κ1) is 32.4. The molecule has 1 saturated heterocycles. The smallest absolute Gasteiger partial charge is 0.475 e. The molecule has 1 fully saturated rings. The van der Waals surface area contributed by atoms with Crippen LogP contribution in [0.2, 0.25) is 0 Å². The Kier molecular flexibility index (Phi) is 14.1. The Morgan fingerprint density at radius 3 is 2.49 bits per heavy atom. The largest absolute Gasteiger partial charge is 0.481 e. The number of carbonyl (C=O) groups excluding carboxylic acids is 1. The van der Waals surface area contributed by atoms with E-state index < -0.39 is 38.3 Å². The normalized spacial score (nSPS) is 24.2. The summed E-state index contributed by atoms with van der Waals surface area (Å²) in [7, 11) is -4.09. The first-order valence-corrected chi connectivity index (χ1v) is 14.2. The van der Waals surface area contributed by atoms with E-state index in [1.165, 1.54) is 0 Å². The third kappa shape index (κ3) is 11.1. The summed E-state index contributed by atoms with van der Waals surface area (Å²) in [6, 6.07) is 10.4. The van der Waals surface area contributed by atoms with Gasteiger partial charge >= 0.3 is 19.8 Å². The first-order chi connectivity index (χ1) is 18.7. The van der Waals surface area contributed by atoms with Gasteiger partial charge in [-0.15, -0.1) is 0 Å². The van der Waals surface area contributed by atoms with Crippen LogP contribution >= 0.6 is 7.82 Å². The lowest BCUT2D eigenvalue weighted by Gasteiger charge is -2.43. The number of esters is 1. The molecule has 1 aliphatic rings. The van der Waals surface area contributed by atoms with E-state index >= 15 is 0 Å². The Hall–Kier alpha value is -2.83. The highest BCUT2D eigenvalue weighted by Gasteiger charge is 2.45. The van der Waals surface area contributed by atoms with E-state index in [2.05, 4.69) is 4.85 Å². The molecule has 6 atom stereocenters. The number of carboxylic acid groups (broad SMARTS) is 1. The monoisotopic (exact) mass is 566 g/mol. The molecule has 12 nitrogen and oxygen atoms in total. The van der Waals surface area contributed by atoms with Crippen LogP contribution in [0.3, 0.4) is 0 Å². The van der Waals surface area contributed by atoms with Crippen LogP contribution in [0, 0.1) is 29.7 Å². The van der Waals surface area contributed by atoms with Crippen LogP contribution in [0.1, 0.15) is 49.9 Å². The summed E-state index contributed by atoms with van der Waals surface area (Å²) in [6.45, 7) is 10.2. The minimum atomic E-state index is -4.09. The van der Waals surface area contributed by atoms with E-state index in [1.54, 1.807) is 30.3 Å². The van der Waals surface area contributed by atoms with Crippen molar-refractivity contribution in [1.82, 2.24) is 0 Å². The van der Waals surface area contributed by atoms with Crippen molar-refractivity contribution in [3.05, 3.63) is 47.3 Å². The molecule has 13 heteroatoms. The molecular weight excluding hydrogens is 531 g/mol. The van der Waals surface area contributed by atoms with Gasteiger partial charge in [-0.3, -0.25) is 18.4 Å². The molecule has 1 aromatic carbocycles. The summed E-state index contributed by atoms with van der Waals surface area (Å²) in [6.07, 6.45) is -1.61. The summed E-state index contributed by atoms with van der Waals surface area (Å²) < 4.78 is 46.8. The number of unbranched alkanes of at least 4 members (excludes halogenated alkanes) is 1. The van der Waals surface area contributed by atoms with Crippen molar-refractivity contribution in [2.75, 3.05) is 33.0 Å². The van der Waals surface area contributed by atoms with Crippen LogP contribution in [-0.4, -0.2) is 68.5 Å². The lowest BCUT2D eigenvalue weighted by atomic mass is 9.83. The Bertz CT molecular complexity index is 1020. The van der Waals surface area contributed by atoms with Crippen LogP contribution < -0.4 is 0 Å². The maximum Gasteiger partial charge on any atom is 0.475 e. The lowest BCUT2D eigenvalue weighted by molar-refractivity contribution is -0.273. The number of hydrogen-bond acceptors (Lipinski definition) is 10. The number of nitrogens with zero attached hydrogens (tertiary/aromatic N) is 2. The van der Waals surface area contributed by atoms with Gasteiger partial charge < -0.3 is 24.2 Å². The number of phosphoric ester groups is 1. The average molecular weight is 567 g/mol. The lowest BCUT2D eigenvalue weighted by Crippen LogP contribution is -2.53. The zero-order valence-electron chi connectivity index (χ0n) is 22.1. The van der Waals surface area contributed by atoms with Crippen LogP contribution in [-0.2, 0) is 37.1 Å². The van der Waals surface area contributed by atoms with Crippen molar-refractivity contribution in [1.29, 1.82) is 5.26 Å². The highest BCUT2D eigenvalue weighted by Crippen LogP contribution is 2.50. The molecule has 0 saturated carbocycles. The molecule has 0 aromatic heterocycles. The third-order valence-corrected chi connectivity index (χ3v) is 7.61. The molecule has 39 heavy (non-hydrogen) atoms. The van der Waals surface area contributed by atoms with E-state index in [1.807, 2.05) is 19.9 Å². The average Bonchev–Trinajstić information content (AvgIpc) is 2.92. The van der Waals surface area contributed by atoms with Crippen LogP contribution in [0.25, 0.3) is 4.85 Å². The third-order valence-electron chi connectivity index (χ3n) is 6.14. The SMILES string of the molecule is [C-]#[N+]CCOP(=O)(OCCC#N)OCC1O[C@H](OCCCCC(=O)O)C(OC(=O)c2ccccc2)[C@@H](C)[C@@H]1C. The van der Waals surface area contributed by atoms with Crippen LogP contribution in [0.4, 0.5) is 0 Å². The van der Waals surface area contributed by atoms with Crippen molar-refractivity contribution in [2.45, 2.75) is 58.0 Å². The molecule has 1 aliphatic heterocycles. The van der Waals surface area contributed by atoms with Gasteiger partial charge in [0.25, 0.3) is 0 Å². The molecule has 1 N–H and O–H groups in total. The van der Waals surface area contributed by atoms with E-state index in [-0.39, 0.29) is 57.6 Å². The maximum absolute atomic E-state index is 13.1. The predicted molar refractivity (Wildman–Crippen MR) is 137 cm³/mol. The maximum atomic E-state index is 13.1. The predicted octanol–water partition coefficient (Wildman–Crippen LogP) is 4.47. The van der Waals surface area contributed by atoms with Gasteiger partial charge in [-0.1, -0.05) is 32.0 Å². The number of ether oxygens (including phenoxy) is 3. The van der Waals surface area contributed by atoms with Crippen molar-refractivity contribution < 1.29 is 47.0 Å². The quantitative estimate of drug-likeness (QED) is 0.123. The van der Waals surface area contributed by atoms with Gasteiger partial charge in [-0.05, 0) is 30.9 Å². The van der Waals surface area contributed by atoms with Crippen molar-refractivity contribution in [3.8, 4) is 6.07 Å². The second-order valence-electron chi connectivity index (χ2n) is 8.92. The molecule has 0 spiro atoms. The number of rotatable bonds is 17. The fourth-order valence-electron chi connectivity index (χ4n) is 3.77. The molecule has 0 radical (unpaired) electrons. The number of phosphoric acid groups is 1. The van der Waals surface area contributed by atoms with Gasteiger partial charge in [-0.25, -0.2) is 15.9 Å². The summed E-state index contributed by atoms with van der Waals surface area (Å²) in [4.78, 5) is 26.8. The Balaban J connectivity index is 2.12. The topological polar surface area (TPSA) is 155 Å². The van der Waals surface area contributed by atoms with E-state index in [0.29, 0.717) is 18.4 Å². The zero-order valence-corrected chi connectivity index (χ0v) is 23.0. The number of benzene rings is 1. The van der Waals surface area contributed by atoms with Crippen molar-refractivity contribution in [2.24, 2.45) is 11.8 Å². The number of carboxylic acids is 1. The molecule has 1 aromatic rings. The van der Waals surface area contributed by atoms with Gasteiger partial charge in [0.15, 0.2) is 12.4 Å². The fourth-order valence-corrected chi connectivity index (χ4v) is 4.94. The van der Waals surface area contributed by atoms with E-state index in [0.717, 1.165) is 0 Å². The Morgan fingerprint density at radius 1 is 1.10 bits per heavy atom. The molecule has 3 unspecified atom stereocenters. The molecule has 214 valence electrons. The second kappa shape index (κ2) is 17.0. The highest BCUT2D eigenvalue weighted by molar-refractivity contribution is 7.48. The van der Waals surface area contributed by atoms with Gasteiger partial charge in [0.1, 0.15) is 6.61 Å². The van der Waals surface area contributed by atoms with Crippen LogP contribution in [0.15, 0.2) is 30.3 Å². The second-order valence-corrected chi connectivity index (χ2v) is 10.6. The summed E-state index contributed by atoms with van der Waals surface area (Å²) in [5.74, 6) is -1.97. The summed E-state index contributed by atoms with van der Waals surface area (Å²) in [5.41, 5.74) is 0.370. The van der Waals surface area contributed by atoms with Gasteiger partial charge in [0.05, 0.1) is 37.4 Å². The highest BCUT2D eigenvalue weighted by atomic mass is 31.2. The number of carbonyl (C=O) groups is 2. The number of aliphatic carboxylic acids is 1. The number of nitriles is 1. The van der Waals surface area contributed by atoms with Gasteiger partial charge in [0.2, 0.25) is 6.54 Å². The molecule has 0 amide bonds. The molecule has 0 bridgehead atoms. The standard InChI is InChI=1S/C26H35N2O10P/c1-19-20(2)24(38-25(31)21-10-5-4-6-11-21)26(33-15-8-7-12-23(29)30)37-22(19)18-36-39(32,34-16-9-13-27)35-17-14-28-3/h4-6,10-11,19-20,22,24,26H,7-9,12,14-18H2,1-2H3,(H,29,30)/t19-,20-,22?,24?,26-,39?/m0/s1. The van der Waals surface area contributed by atoms with Gasteiger partial charge in [-0.2, -0.15) is 5.26 Å². The van der Waals surface area contributed by atoms with Gasteiger partial charge in [0, 0.05) is 18.9 Å². The Labute approximate surface area is 228 Å². The summed E-state index contributed by atoms with van der Waals surface area (Å²) >= 11 is 0. The molecule has 2 rings (SSSR count). The van der Waals surface area contributed by atoms with Crippen molar-refractivity contribution in [3.63, 3.8) is 0 Å². The minimum absolute atomic E-state index is 0.000206. The summed E-state index contributed by atoms with van der Waals surface area (Å²) in [5, 5.41) is 17.6. The Morgan fingerprint density at radius 2 is 1.82 bits per heavy atom. The molecular formula is C26H35N2O10P. The molecule has 0 aliphatic carbocycles.